The number of nitrogens with zero attached hydrogens (tertiary/aromatic N) is 1. The van der Waals surface area contributed by atoms with Crippen LogP contribution in [0, 0.1) is 5.82 Å². The summed E-state index contributed by atoms with van der Waals surface area (Å²) in [7, 11) is 0. The minimum absolute atomic E-state index is 0.199. The molecule has 0 spiro atoms. The summed E-state index contributed by atoms with van der Waals surface area (Å²) in [5.41, 5.74) is 1.10. The molecular weight excluding hydrogens is 269 g/mol. The Hall–Kier alpha value is -1.65. The smallest absolute Gasteiger partial charge is 0.123 e. The van der Waals surface area contributed by atoms with E-state index in [0.29, 0.717) is 6.10 Å². The van der Waals surface area contributed by atoms with E-state index in [1.165, 1.54) is 12.1 Å². The zero-order valence-corrected chi connectivity index (χ0v) is 12.0. The number of hydrogen-bond donors (Lipinski definition) is 0. The molecule has 3 nitrogen and oxygen atoms in total. The van der Waals surface area contributed by atoms with Gasteiger partial charge in [-0.1, -0.05) is 12.1 Å². The third-order valence-corrected chi connectivity index (χ3v) is 3.76. The van der Waals surface area contributed by atoms with Gasteiger partial charge in [-0.25, -0.2) is 4.39 Å². The molecule has 0 N–H and O–H groups in total. The number of rotatable bonds is 6. The Morgan fingerprint density at radius 2 is 2.00 bits per heavy atom. The molecule has 1 saturated heterocycles. The summed E-state index contributed by atoms with van der Waals surface area (Å²) < 4.78 is 24.2. The summed E-state index contributed by atoms with van der Waals surface area (Å²) in [6.45, 7) is 3.24. The zero-order chi connectivity index (χ0) is 14.5. The van der Waals surface area contributed by atoms with Gasteiger partial charge in [0.05, 0.1) is 18.9 Å². The predicted octanol–water partition coefficient (Wildman–Crippen LogP) is 3.60. The van der Waals surface area contributed by atoms with Crippen molar-refractivity contribution in [2.45, 2.75) is 32.0 Å². The van der Waals surface area contributed by atoms with Crippen molar-refractivity contribution in [1.29, 1.82) is 0 Å². The Morgan fingerprint density at radius 3 is 2.67 bits per heavy atom. The standard InChI is InChI=1S/C17H20FNO2/c18-15-7-5-14(6-8-15)11-19(12-16-3-1-9-20-16)13-17-4-2-10-21-17/h1,3,5-9,17H,2,4,10-13H2. The lowest BCUT2D eigenvalue weighted by Gasteiger charge is -2.24. The van der Waals surface area contributed by atoms with Crippen LogP contribution in [0.4, 0.5) is 4.39 Å². The topological polar surface area (TPSA) is 25.6 Å². The number of hydrogen-bond acceptors (Lipinski definition) is 3. The minimum atomic E-state index is -0.199. The molecule has 1 atom stereocenters. The summed E-state index contributed by atoms with van der Waals surface area (Å²) in [5, 5.41) is 0. The minimum Gasteiger partial charge on any atom is -0.468 e. The van der Waals surface area contributed by atoms with E-state index >= 15 is 0 Å². The molecule has 0 saturated carbocycles. The van der Waals surface area contributed by atoms with Gasteiger partial charge < -0.3 is 9.15 Å². The van der Waals surface area contributed by atoms with Gasteiger partial charge >= 0.3 is 0 Å². The average molecular weight is 289 g/mol. The van der Waals surface area contributed by atoms with E-state index in [1.807, 2.05) is 24.3 Å². The first kappa shape index (κ1) is 14.3. The van der Waals surface area contributed by atoms with E-state index in [4.69, 9.17) is 9.15 Å². The number of furan rings is 1. The molecule has 2 aromatic rings. The molecule has 1 aliphatic rings. The first-order valence-electron chi connectivity index (χ1n) is 7.40. The third kappa shape index (κ3) is 4.16. The fourth-order valence-electron chi connectivity index (χ4n) is 2.73. The van der Waals surface area contributed by atoms with Crippen LogP contribution in [0.2, 0.25) is 0 Å². The van der Waals surface area contributed by atoms with Crippen molar-refractivity contribution in [2.24, 2.45) is 0 Å². The molecule has 2 heterocycles. The highest BCUT2D eigenvalue weighted by Gasteiger charge is 2.20. The van der Waals surface area contributed by atoms with Crippen molar-refractivity contribution in [2.75, 3.05) is 13.2 Å². The van der Waals surface area contributed by atoms with Crippen molar-refractivity contribution in [3.63, 3.8) is 0 Å². The molecule has 4 heteroatoms. The fourth-order valence-corrected chi connectivity index (χ4v) is 2.73. The summed E-state index contributed by atoms with van der Waals surface area (Å²) in [6, 6.07) is 10.6. The molecule has 0 aliphatic carbocycles. The van der Waals surface area contributed by atoms with Gasteiger partial charge in [-0.15, -0.1) is 0 Å². The van der Waals surface area contributed by atoms with Gasteiger partial charge in [0.2, 0.25) is 0 Å². The second-order valence-electron chi connectivity index (χ2n) is 5.51. The number of ether oxygens (including phenoxy) is 1. The molecular formula is C17H20FNO2. The summed E-state index contributed by atoms with van der Waals surface area (Å²) in [6.07, 6.45) is 4.23. The van der Waals surface area contributed by atoms with Crippen molar-refractivity contribution in [3.8, 4) is 0 Å². The van der Waals surface area contributed by atoms with Crippen LogP contribution in [0.1, 0.15) is 24.2 Å². The lowest BCUT2D eigenvalue weighted by atomic mass is 10.1. The van der Waals surface area contributed by atoms with Crippen LogP contribution in [0.5, 0.6) is 0 Å². The molecule has 0 radical (unpaired) electrons. The Morgan fingerprint density at radius 1 is 1.14 bits per heavy atom. The third-order valence-electron chi connectivity index (χ3n) is 3.76. The predicted molar refractivity (Wildman–Crippen MR) is 78.2 cm³/mol. The fraction of sp³-hybridized carbons (Fsp3) is 0.412. The van der Waals surface area contributed by atoms with Crippen LogP contribution in [-0.4, -0.2) is 24.2 Å². The van der Waals surface area contributed by atoms with Gasteiger partial charge in [-0.05, 0) is 42.7 Å². The molecule has 3 rings (SSSR count). The quantitative estimate of drug-likeness (QED) is 0.812. The van der Waals surface area contributed by atoms with E-state index in [-0.39, 0.29) is 5.82 Å². The summed E-state index contributed by atoms with van der Waals surface area (Å²) in [5.74, 6) is 0.741. The van der Waals surface area contributed by atoms with Crippen molar-refractivity contribution < 1.29 is 13.5 Å². The summed E-state index contributed by atoms with van der Waals surface area (Å²) in [4.78, 5) is 2.29. The lowest BCUT2D eigenvalue weighted by Crippen LogP contribution is -2.31. The Labute approximate surface area is 124 Å². The van der Waals surface area contributed by atoms with Gasteiger partial charge in [-0.2, -0.15) is 0 Å². The SMILES string of the molecule is Fc1ccc(CN(Cc2ccco2)CC2CCCO2)cc1. The monoisotopic (exact) mass is 289 g/mol. The van der Waals surface area contributed by atoms with Crippen molar-refractivity contribution in [1.82, 2.24) is 4.90 Å². The average Bonchev–Trinajstić information content (AvgIpc) is 3.15. The van der Waals surface area contributed by atoms with Gasteiger partial charge in [0.15, 0.2) is 0 Å². The molecule has 112 valence electrons. The Bertz CT molecular complexity index is 532. The Kier molecular flexibility index (Phi) is 4.68. The second kappa shape index (κ2) is 6.87. The van der Waals surface area contributed by atoms with Crippen LogP contribution < -0.4 is 0 Å². The van der Waals surface area contributed by atoms with E-state index < -0.39 is 0 Å². The van der Waals surface area contributed by atoms with Crippen molar-refractivity contribution in [3.05, 3.63) is 59.8 Å². The highest BCUT2D eigenvalue weighted by atomic mass is 19.1. The van der Waals surface area contributed by atoms with E-state index in [0.717, 1.165) is 50.4 Å². The van der Waals surface area contributed by atoms with Gasteiger partial charge in [0, 0.05) is 19.7 Å². The van der Waals surface area contributed by atoms with E-state index in [2.05, 4.69) is 4.90 Å². The number of halogens is 1. The van der Waals surface area contributed by atoms with E-state index in [9.17, 15) is 4.39 Å². The molecule has 21 heavy (non-hydrogen) atoms. The largest absolute Gasteiger partial charge is 0.468 e. The van der Waals surface area contributed by atoms with E-state index in [1.54, 1.807) is 6.26 Å². The normalized spacial score (nSPS) is 18.5. The van der Waals surface area contributed by atoms with Crippen LogP contribution in [0.3, 0.4) is 0 Å². The molecule has 1 aromatic carbocycles. The maximum Gasteiger partial charge on any atom is 0.123 e. The van der Waals surface area contributed by atoms with Crippen LogP contribution in [0.15, 0.2) is 47.1 Å². The molecule has 0 bridgehead atoms. The maximum absolute atomic E-state index is 13.0. The number of benzene rings is 1. The lowest BCUT2D eigenvalue weighted by molar-refractivity contribution is 0.0655. The molecule has 1 aliphatic heterocycles. The van der Waals surface area contributed by atoms with Gasteiger partial charge in [-0.3, -0.25) is 4.90 Å². The highest BCUT2D eigenvalue weighted by molar-refractivity contribution is 5.16. The van der Waals surface area contributed by atoms with Gasteiger partial charge in [0.1, 0.15) is 11.6 Å². The first-order valence-corrected chi connectivity index (χ1v) is 7.40. The molecule has 1 unspecified atom stereocenters. The summed E-state index contributed by atoms with van der Waals surface area (Å²) >= 11 is 0. The van der Waals surface area contributed by atoms with Crippen molar-refractivity contribution >= 4 is 0 Å². The maximum atomic E-state index is 13.0. The molecule has 1 aromatic heterocycles. The van der Waals surface area contributed by atoms with Gasteiger partial charge in [0.25, 0.3) is 0 Å². The molecule has 0 amide bonds. The second-order valence-corrected chi connectivity index (χ2v) is 5.51. The van der Waals surface area contributed by atoms with Crippen LogP contribution >= 0.6 is 0 Å². The van der Waals surface area contributed by atoms with Crippen LogP contribution in [0.25, 0.3) is 0 Å². The first-order chi connectivity index (χ1) is 10.3. The molecule has 1 fully saturated rings. The Balaban J connectivity index is 1.66. The van der Waals surface area contributed by atoms with Crippen LogP contribution in [-0.2, 0) is 17.8 Å². The highest BCUT2D eigenvalue weighted by Crippen LogP contribution is 2.17. The zero-order valence-electron chi connectivity index (χ0n) is 12.0.